The first-order valence-electron chi connectivity index (χ1n) is 2.70. The molecule has 0 radical (unpaired) electrons. The maximum atomic E-state index is 11.6. The number of halogens is 4. The fourth-order valence-electron chi connectivity index (χ4n) is 0.295. The summed E-state index contributed by atoms with van der Waals surface area (Å²) in [7, 11) is 0. The van der Waals surface area contributed by atoms with E-state index in [9.17, 15) is 18.0 Å². The number of hydrogen-bond acceptors (Lipinski definition) is 2. The summed E-state index contributed by atoms with van der Waals surface area (Å²) >= 11 is 4.90. The molecule has 0 aliphatic carbocycles. The molecule has 0 aromatic carbocycles. The minimum atomic E-state index is -4.51. The van der Waals surface area contributed by atoms with Gasteiger partial charge in [0.1, 0.15) is 5.88 Å². The number of ether oxygens (including phenoxy) is 1. The van der Waals surface area contributed by atoms with Gasteiger partial charge in [0.2, 0.25) is 0 Å². The Morgan fingerprint density at radius 1 is 1.64 bits per heavy atom. The molecule has 0 aromatic rings. The topological polar surface area (TPSA) is 26.3 Å². The van der Waals surface area contributed by atoms with Crippen LogP contribution in [0.5, 0.6) is 0 Å². The Morgan fingerprint density at radius 3 is 2.36 bits per heavy atom. The molecule has 0 bridgehead atoms. The van der Waals surface area contributed by atoms with Crippen LogP contribution in [0.1, 0.15) is 6.92 Å². The van der Waals surface area contributed by atoms with Gasteiger partial charge in [-0.05, 0) is 6.92 Å². The molecule has 0 aromatic heterocycles. The second-order valence-corrected chi connectivity index (χ2v) is 2.07. The second kappa shape index (κ2) is 3.80. The molecule has 1 atom stereocenters. The van der Waals surface area contributed by atoms with Crippen molar-refractivity contribution in [2.24, 2.45) is 0 Å². The zero-order valence-electron chi connectivity index (χ0n) is 5.61. The van der Waals surface area contributed by atoms with Crippen LogP contribution in [-0.2, 0) is 9.53 Å². The van der Waals surface area contributed by atoms with Crippen molar-refractivity contribution in [3.8, 4) is 0 Å². The van der Waals surface area contributed by atoms with Crippen LogP contribution in [0.15, 0.2) is 0 Å². The number of esters is 1. The highest BCUT2D eigenvalue weighted by Gasteiger charge is 2.38. The third-order valence-corrected chi connectivity index (χ3v) is 1.10. The predicted octanol–water partition coefficient (Wildman–Crippen LogP) is 1.72. The van der Waals surface area contributed by atoms with Gasteiger partial charge in [-0.15, -0.1) is 11.6 Å². The van der Waals surface area contributed by atoms with Crippen molar-refractivity contribution in [3.05, 3.63) is 0 Å². The highest BCUT2D eigenvalue weighted by atomic mass is 35.5. The lowest BCUT2D eigenvalue weighted by Crippen LogP contribution is -2.31. The first-order chi connectivity index (χ1) is 4.88. The smallest absolute Gasteiger partial charge is 0.425 e. The van der Waals surface area contributed by atoms with Crippen molar-refractivity contribution in [1.82, 2.24) is 0 Å². The molecule has 0 fully saturated rings. The van der Waals surface area contributed by atoms with Gasteiger partial charge in [-0.25, -0.2) is 0 Å². The maximum absolute atomic E-state index is 11.6. The van der Waals surface area contributed by atoms with E-state index in [4.69, 9.17) is 11.6 Å². The average molecular weight is 191 g/mol. The first-order valence-corrected chi connectivity index (χ1v) is 3.23. The lowest BCUT2D eigenvalue weighted by Gasteiger charge is -2.14. The molecule has 0 N–H and O–H groups in total. The average Bonchev–Trinajstić information content (AvgIpc) is 1.85. The van der Waals surface area contributed by atoms with Crippen molar-refractivity contribution in [1.29, 1.82) is 0 Å². The molecular weight excluding hydrogens is 184 g/mol. The summed E-state index contributed by atoms with van der Waals surface area (Å²) in [6, 6.07) is 0. The van der Waals surface area contributed by atoms with Crippen LogP contribution in [0.25, 0.3) is 0 Å². The van der Waals surface area contributed by atoms with E-state index in [1.807, 2.05) is 0 Å². The zero-order chi connectivity index (χ0) is 9.07. The first kappa shape index (κ1) is 10.6. The molecule has 1 unspecified atom stereocenters. The number of hydrogen-bond donors (Lipinski definition) is 0. The highest BCUT2D eigenvalue weighted by molar-refractivity contribution is 6.26. The van der Waals surface area contributed by atoms with Crippen molar-refractivity contribution in [2.45, 2.75) is 19.2 Å². The van der Waals surface area contributed by atoms with Gasteiger partial charge in [0.15, 0.2) is 6.10 Å². The van der Waals surface area contributed by atoms with Crippen molar-refractivity contribution in [3.63, 3.8) is 0 Å². The molecule has 0 amide bonds. The number of carbonyl (C=O) groups is 1. The quantitative estimate of drug-likeness (QED) is 0.490. The molecule has 0 saturated carbocycles. The van der Waals surface area contributed by atoms with Crippen LogP contribution in [0.4, 0.5) is 13.2 Å². The molecule has 0 rings (SSSR count). The second-order valence-electron chi connectivity index (χ2n) is 1.81. The van der Waals surface area contributed by atoms with E-state index in [0.717, 1.165) is 6.92 Å². The lowest BCUT2D eigenvalue weighted by molar-refractivity contribution is -0.214. The summed E-state index contributed by atoms with van der Waals surface area (Å²) in [5.74, 6) is -1.64. The Morgan fingerprint density at radius 2 is 2.09 bits per heavy atom. The summed E-state index contributed by atoms with van der Waals surface area (Å²) in [6.45, 7) is 0.741. The lowest BCUT2D eigenvalue weighted by atomic mass is 10.4. The SMILES string of the molecule is CC(OC(=O)CCl)C(F)(F)F. The van der Waals surface area contributed by atoms with Crippen molar-refractivity contribution < 1.29 is 22.7 Å². The van der Waals surface area contributed by atoms with E-state index < -0.39 is 24.1 Å². The minimum Gasteiger partial charge on any atom is -0.452 e. The van der Waals surface area contributed by atoms with Crippen LogP contribution < -0.4 is 0 Å². The molecule has 6 heteroatoms. The van der Waals surface area contributed by atoms with Crippen LogP contribution in [0, 0.1) is 0 Å². The molecule has 0 aliphatic heterocycles. The van der Waals surface area contributed by atoms with E-state index in [2.05, 4.69) is 4.74 Å². The molecule has 0 spiro atoms. The van der Waals surface area contributed by atoms with E-state index >= 15 is 0 Å². The van der Waals surface area contributed by atoms with E-state index in [1.165, 1.54) is 0 Å². The summed E-state index contributed by atoms with van der Waals surface area (Å²) in [5.41, 5.74) is 0. The summed E-state index contributed by atoms with van der Waals surface area (Å²) in [5, 5.41) is 0. The highest BCUT2D eigenvalue weighted by Crippen LogP contribution is 2.22. The van der Waals surface area contributed by atoms with Gasteiger partial charge in [0.25, 0.3) is 0 Å². The maximum Gasteiger partial charge on any atom is 0.425 e. The normalized spacial score (nSPS) is 14.3. The third-order valence-electron chi connectivity index (χ3n) is 0.878. The van der Waals surface area contributed by atoms with Crippen LogP contribution in [0.2, 0.25) is 0 Å². The van der Waals surface area contributed by atoms with Crippen LogP contribution >= 0.6 is 11.6 Å². The molecule has 11 heavy (non-hydrogen) atoms. The largest absolute Gasteiger partial charge is 0.452 e. The minimum absolute atomic E-state index is 0.569. The van der Waals surface area contributed by atoms with Gasteiger partial charge in [0.05, 0.1) is 0 Å². The van der Waals surface area contributed by atoms with Crippen LogP contribution in [-0.4, -0.2) is 24.1 Å². The zero-order valence-corrected chi connectivity index (χ0v) is 6.37. The van der Waals surface area contributed by atoms with Gasteiger partial charge in [0, 0.05) is 0 Å². The Labute approximate surface area is 66.3 Å². The molecule has 2 nitrogen and oxygen atoms in total. The van der Waals surface area contributed by atoms with Gasteiger partial charge < -0.3 is 4.74 Å². The molecular formula is C5H6ClF3O2. The predicted molar refractivity (Wildman–Crippen MR) is 32.3 cm³/mol. The van der Waals surface area contributed by atoms with Crippen LogP contribution in [0.3, 0.4) is 0 Å². The molecule has 0 heterocycles. The van der Waals surface area contributed by atoms with Gasteiger partial charge in [-0.2, -0.15) is 13.2 Å². The van der Waals surface area contributed by atoms with E-state index in [-0.39, 0.29) is 0 Å². The Bertz CT molecular complexity index is 145. The summed E-state index contributed by atoms with van der Waals surface area (Å²) in [4.78, 5) is 10.2. The number of alkyl halides is 4. The van der Waals surface area contributed by atoms with Gasteiger partial charge >= 0.3 is 12.1 Å². The summed E-state index contributed by atoms with van der Waals surface area (Å²) < 4.78 is 38.7. The summed E-state index contributed by atoms with van der Waals surface area (Å²) in [6.07, 6.45) is -6.60. The van der Waals surface area contributed by atoms with E-state index in [0.29, 0.717) is 0 Å². The van der Waals surface area contributed by atoms with Crippen molar-refractivity contribution in [2.75, 3.05) is 5.88 Å². The number of carbonyl (C=O) groups excluding carboxylic acids is 1. The monoisotopic (exact) mass is 190 g/mol. The number of rotatable bonds is 2. The van der Waals surface area contributed by atoms with E-state index in [1.54, 1.807) is 0 Å². The van der Waals surface area contributed by atoms with Gasteiger partial charge in [-0.3, -0.25) is 4.79 Å². The Kier molecular flexibility index (Phi) is 3.65. The molecule has 66 valence electrons. The fourth-order valence-corrected chi connectivity index (χ4v) is 0.358. The fraction of sp³-hybridized carbons (Fsp3) is 0.800. The third kappa shape index (κ3) is 4.08. The molecule has 0 saturated heterocycles. The Balaban J connectivity index is 3.87. The van der Waals surface area contributed by atoms with Crippen molar-refractivity contribution >= 4 is 17.6 Å². The standard InChI is InChI=1S/C5H6ClF3O2/c1-3(5(7,8)9)11-4(10)2-6/h3H,2H2,1H3. The Hall–Kier alpha value is -0.450. The molecule has 0 aliphatic rings. The van der Waals surface area contributed by atoms with Gasteiger partial charge in [-0.1, -0.05) is 0 Å².